The number of unbranched alkanes of at least 4 members (excludes halogenated alkanes) is 1. The zero-order valence-electron chi connectivity index (χ0n) is 8.29. The molecular weight excluding hydrogens is 176 g/mol. The Balaban J connectivity index is 2.37. The third-order valence-electron chi connectivity index (χ3n) is 1.96. The van der Waals surface area contributed by atoms with Crippen LogP contribution in [-0.4, -0.2) is 17.0 Å². The fourth-order valence-corrected chi connectivity index (χ4v) is 1.18. The van der Waals surface area contributed by atoms with E-state index < -0.39 is 0 Å². The zero-order valence-corrected chi connectivity index (χ0v) is 8.29. The molecule has 0 aliphatic rings. The van der Waals surface area contributed by atoms with Gasteiger partial charge in [0.25, 0.3) is 5.91 Å². The van der Waals surface area contributed by atoms with Crippen molar-refractivity contribution in [2.45, 2.75) is 12.8 Å². The minimum Gasteiger partial charge on any atom is -0.351 e. The molecule has 0 aromatic carbocycles. The molecule has 14 heavy (non-hydrogen) atoms. The smallest absolute Gasteiger partial charge is 0.267 e. The van der Waals surface area contributed by atoms with E-state index in [2.05, 4.69) is 11.2 Å². The highest BCUT2D eigenvalue weighted by molar-refractivity contribution is 5.92. The normalized spacial score (nSPS) is 9.43. The van der Waals surface area contributed by atoms with Gasteiger partial charge in [-0.1, -0.05) is 0 Å². The lowest BCUT2D eigenvalue weighted by Gasteiger charge is -2.04. The summed E-state index contributed by atoms with van der Waals surface area (Å²) in [6.07, 6.45) is 8.47. The third-order valence-corrected chi connectivity index (χ3v) is 1.96. The van der Waals surface area contributed by atoms with Gasteiger partial charge in [0.05, 0.1) is 0 Å². The van der Waals surface area contributed by atoms with Crippen molar-refractivity contribution in [3.63, 3.8) is 0 Å². The van der Waals surface area contributed by atoms with E-state index in [1.807, 2.05) is 19.3 Å². The number of hydrogen-bond acceptors (Lipinski definition) is 1. The molecule has 0 radical (unpaired) electrons. The maximum absolute atomic E-state index is 11.5. The van der Waals surface area contributed by atoms with Gasteiger partial charge in [0, 0.05) is 26.2 Å². The maximum Gasteiger partial charge on any atom is 0.267 e. The summed E-state index contributed by atoms with van der Waals surface area (Å²) >= 11 is 0. The van der Waals surface area contributed by atoms with E-state index in [-0.39, 0.29) is 5.91 Å². The second-order valence-electron chi connectivity index (χ2n) is 3.07. The van der Waals surface area contributed by atoms with Crippen LogP contribution >= 0.6 is 0 Å². The average molecular weight is 190 g/mol. The van der Waals surface area contributed by atoms with E-state index in [9.17, 15) is 4.79 Å². The number of aryl methyl sites for hydroxylation is 1. The number of hydrogen-bond donors (Lipinski definition) is 1. The molecule has 0 atom stereocenters. The predicted molar refractivity (Wildman–Crippen MR) is 55.8 cm³/mol. The SMILES string of the molecule is C#CCCCNC(=O)c1cccn1C. The molecular formula is C11H14N2O. The molecule has 0 saturated carbocycles. The molecule has 0 saturated heterocycles. The largest absolute Gasteiger partial charge is 0.351 e. The van der Waals surface area contributed by atoms with E-state index in [0.717, 1.165) is 6.42 Å². The molecule has 0 bridgehead atoms. The van der Waals surface area contributed by atoms with Crippen LogP contribution in [0.1, 0.15) is 23.3 Å². The van der Waals surface area contributed by atoms with Gasteiger partial charge in [-0.15, -0.1) is 12.3 Å². The highest BCUT2D eigenvalue weighted by Crippen LogP contribution is 1.98. The van der Waals surface area contributed by atoms with Gasteiger partial charge in [-0.3, -0.25) is 4.79 Å². The van der Waals surface area contributed by atoms with Crippen LogP contribution in [0.2, 0.25) is 0 Å². The number of nitrogens with one attached hydrogen (secondary N) is 1. The van der Waals surface area contributed by atoms with Gasteiger partial charge in [0.1, 0.15) is 5.69 Å². The highest BCUT2D eigenvalue weighted by atomic mass is 16.1. The van der Waals surface area contributed by atoms with Crippen molar-refractivity contribution in [1.29, 1.82) is 0 Å². The Hall–Kier alpha value is -1.69. The van der Waals surface area contributed by atoms with Crippen molar-refractivity contribution in [2.24, 2.45) is 7.05 Å². The fourth-order valence-electron chi connectivity index (χ4n) is 1.18. The molecule has 1 aromatic heterocycles. The van der Waals surface area contributed by atoms with Gasteiger partial charge >= 0.3 is 0 Å². The lowest BCUT2D eigenvalue weighted by atomic mass is 10.3. The Bertz CT molecular complexity index is 346. The summed E-state index contributed by atoms with van der Waals surface area (Å²) in [4.78, 5) is 11.5. The van der Waals surface area contributed by atoms with E-state index in [0.29, 0.717) is 18.7 Å². The van der Waals surface area contributed by atoms with Crippen LogP contribution in [0.4, 0.5) is 0 Å². The zero-order chi connectivity index (χ0) is 10.4. The number of aromatic nitrogens is 1. The third kappa shape index (κ3) is 2.67. The maximum atomic E-state index is 11.5. The minimum atomic E-state index is -0.0467. The lowest BCUT2D eigenvalue weighted by molar-refractivity contribution is 0.0945. The Labute approximate surface area is 84.1 Å². The highest BCUT2D eigenvalue weighted by Gasteiger charge is 2.06. The van der Waals surface area contributed by atoms with Gasteiger partial charge in [-0.25, -0.2) is 0 Å². The first-order valence-corrected chi connectivity index (χ1v) is 4.58. The van der Waals surface area contributed by atoms with Crippen LogP contribution in [0.3, 0.4) is 0 Å². The molecule has 3 heteroatoms. The van der Waals surface area contributed by atoms with Crippen LogP contribution in [0.5, 0.6) is 0 Å². The lowest BCUT2D eigenvalue weighted by Crippen LogP contribution is -2.26. The van der Waals surface area contributed by atoms with Crippen molar-refractivity contribution < 1.29 is 4.79 Å². The summed E-state index contributed by atoms with van der Waals surface area (Å²) in [6.45, 7) is 0.633. The summed E-state index contributed by atoms with van der Waals surface area (Å²) in [5.41, 5.74) is 0.672. The summed E-state index contributed by atoms with van der Waals surface area (Å²) in [5, 5.41) is 2.81. The van der Waals surface area contributed by atoms with E-state index in [1.165, 1.54) is 0 Å². The first-order chi connectivity index (χ1) is 6.75. The number of amides is 1. The second kappa shape index (κ2) is 5.13. The molecule has 0 aliphatic heterocycles. The molecule has 1 heterocycles. The van der Waals surface area contributed by atoms with Crippen LogP contribution in [0.15, 0.2) is 18.3 Å². The van der Waals surface area contributed by atoms with Crippen molar-refractivity contribution >= 4 is 5.91 Å². The van der Waals surface area contributed by atoms with Crippen LogP contribution in [-0.2, 0) is 7.05 Å². The minimum absolute atomic E-state index is 0.0467. The molecule has 1 amide bonds. The first kappa shape index (κ1) is 10.4. The summed E-state index contributed by atoms with van der Waals surface area (Å²) in [6, 6.07) is 3.63. The van der Waals surface area contributed by atoms with Gasteiger partial charge in [0.2, 0.25) is 0 Å². The number of nitrogens with zero attached hydrogens (tertiary/aromatic N) is 1. The Morgan fingerprint density at radius 2 is 2.50 bits per heavy atom. The number of carbonyl (C=O) groups excluding carboxylic acids is 1. The molecule has 1 N–H and O–H groups in total. The number of terminal acetylenes is 1. The van der Waals surface area contributed by atoms with Gasteiger partial charge < -0.3 is 9.88 Å². The molecule has 0 spiro atoms. The number of carbonyl (C=O) groups is 1. The first-order valence-electron chi connectivity index (χ1n) is 4.58. The molecule has 3 nitrogen and oxygen atoms in total. The van der Waals surface area contributed by atoms with Crippen molar-refractivity contribution in [1.82, 2.24) is 9.88 Å². The van der Waals surface area contributed by atoms with E-state index >= 15 is 0 Å². The van der Waals surface area contributed by atoms with Gasteiger partial charge in [-0.05, 0) is 18.6 Å². The monoisotopic (exact) mass is 190 g/mol. The topological polar surface area (TPSA) is 34.0 Å². The molecule has 1 rings (SSSR count). The standard InChI is InChI=1S/C11H14N2O/c1-3-4-5-8-12-11(14)10-7-6-9-13(10)2/h1,6-7,9H,4-5,8H2,2H3,(H,12,14). The molecule has 0 aliphatic carbocycles. The van der Waals surface area contributed by atoms with Crippen LogP contribution in [0, 0.1) is 12.3 Å². The van der Waals surface area contributed by atoms with Crippen LogP contribution in [0.25, 0.3) is 0 Å². The van der Waals surface area contributed by atoms with Crippen molar-refractivity contribution in [3.8, 4) is 12.3 Å². The van der Waals surface area contributed by atoms with Gasteiger partial charge in [0.15, 0.2) is 0 Å². The molecule has 0 unspecified atom stereocenters. The van der Waals surface area contributed by atoms with Crippen LogP contribution < -0.4 is 5.32 Å². The molecule has 0 fully saturated rings. The quantitative estimate of drug-likeness (QED) is 0.561. The number of rotatable bonds is 4. The Morgan fingerprint density at radius 1 is 1.71 bits per heavy atom. The van der Waals surface area contributed by atoms with E-state index in [1.54, 1.807) is 10.6 Å². The predicted octanol–water partition coefficient (Wildman–Crippen LogP) is 1.17. The average Bonchev–Trinajstić information content (AvgIpc) is 2.59. The Morgan fingerprint density at radius 3 is 3.07 bits per heavy atom. The summed E-state index contributed by atoms with van der Waals surface area (Å²) < 4.78 is 1.79. The molecule has 74 valence electrons. The van der Waals surface area contributed by atoms with Gasteiger partial charge in [-0.2, -0.15) is 0 Å². The second-order valence-corrected chi connectivity index (χ2v) is 3.07. The summed E-state index contributed by atoms with van der Waals surface area (Å²) in [5.74, 6) is 2.48. The molecule has 1 aromatic rings. The van der Waals surface area contributed by atoms with Crippen molar-refractivity contribution in [3.05, 3.63) is 24.0 Å². The van der Waals surface area contributed by atoms with E-state index in [4.69, 9.17) is 6.42 Å². The van der Waals surface area contributed by atoms with Crippen molar-refractivity contribution in [2.75, 3.05) is 6.54 Å². The fraction of sp³-hybridized carbons (Fsp3) is 0.364. The summed E-state index contributed by atoms with van der Waals surface area (Å²) in [7, 11) is 1.84. The Kier molecular flexibility index (Phi) is 3.81.